The van der Waals surface area contributed by atoms with E-state index in [1.807, 2.05) is 25.1 Å². The number of piperidine rings is 1. The zero-order valence-corrected chi connectivity index (χ0v) is 11.6. The van der Waals surface area contributed by atoms with Crippen LogP contribution in [0.2, 0.25) is 0 Å². The van der Waals surface area contributed by atoms with Gasteiger partial charge in [-0.15, -0.1) is 0 Å². The van der Waals surface area contributed by atoms with E-state index in [4.69, 9.17) is 5.73 Å². The normalized spacial score (nSPS) is 26.1. The molecule has 106 valence electrons. The summed E-state index contributed by atoms with van der Waals surface area (Å²) in [4.78, 5) is 28.1. The van der Waals surface area contributed by atoms with Gasteiger partial charge in [-0.05, 0) is 36.5 Å². The molecule has 0 bridgehead atoms. The van der Waals surface area contributed by atoms with Gasteiger partial charge in [0.2, 0.25) is 0 Å². The molecule has 0 aromatic heterocycles. The van der Waals surface area contributed by atoms with Crippen molar-refractivity contribution in [1.29, 1.82) is 0 Å². The Morgan fingerprint density at radius 2 is 2.15 bits per heavy atom. The summed E-state index contributed by atoms with van der Waals surface area (Å²) in [6.45, 7) is 3.11. The van der Waals surface area contributed by atoms with Crippen molar-refractivity contribution < 1.29 is 9.59 Å². The molecule has 2 heterocycles. The van der Waals surface area contributed by atoms with Gasteiger partial charge >= 0.3 is 6.03 Å². The van der Waals surface area contributed by atoms with Crippen molar-refractivity contribution in [3.8, 4) is 0 Å². The summed E-state index contributed by atoms with van der Waals surface area (Å²) in [5, 5.41) is 0. The van der Waals surface area contributed by atoms with Crippen LogP contribution in [0.5, 0.6) is 0 Å². The van der Waals surface area contributed by atoms with E-state index in [0.29, 0.717) is 18.8 Å². The minimum absolute atomic E-state index is 0.101. The van der Waals surface area contributed by atoms with Crippen LogP contribution < -0.4 is 10.6 Å². The third kappa shape index (κ3) is 1.89. The zero-order valence-electron chi connectivity index (χ0n) is 11.6. The van der Waals surface area contributed by atoms with Crippen LogP contribution in [0.4, 0.5) is 10.5 Å². The van der Waals surface area contributed by atoms with Gasteiger partial charge in [-0.2, -0.15) is 0 Å². The molecule has 20 heavy (non-hydrogen) atoms. The molecule has 3 amide bonds. The smallest absolute Gasteiger partial charge is 0.326 e. The number of carbonyl (C=O) groups excluding carboxylic acids is 2. The average Bonchev–Trinajstić information content (AvgIpc) is 2.72. The molecular formula is C15H19N3O2. The summed E-state index contributed by atoms with van der Waals surface area (Å²) in [6.07, 6.45) is 1.96. The molecule has 0 saturated carbocycles. The lowest BCUT2D eigenvalue weighted by molar-refractivity contribution is -0.121. The maximum atomic E-state index is 12.6. The summed E-state index contributed by atoms with van der Waals surface area (Å²) in [6, 6.07) is 6.85. The lowest BCUT2D eigenvalue weighted by Crippen LogP contribution is -2.44. The number of anilines is 1. The fourth-order valence-corrected chi connectivity index (χ4v) is 3.19. The number of fused-ring (bicyclic) bond motifs is 1. The zero-order chi connectivity index (χ0) is 14.3. The third-order valence-electron chi connectivity index (χ3n) is 4.25. The molecule has 5 heteroatoms. The molecular weight excluding hydrogens is 254 g/mol. The first kappa shape index (κ1) is 13.1. The summed E-state index contributed by atoms with van der Waals surface area (Å²) < 4.78 is 0. The Bertz CT molecular complexity index is 558. The Hall–Kier alpha value is -1.88. The van der Waals surface area contributed by atoms with Gasteiger partial charge < -0.3 is 10.6 Å². The maximum Gasteiger partial charge on any atom is 0.332 e. The molecule has 5 nitrogen and oxygen atoms in total. The molecule has 0 aliphatic carbocycles. The fourth-order valence-electron chi connectivity index (χ4n) is 3.19. The molecule has 2 N–H and O–H groups in total. The van der Waals surface area contributed by atoms with E-state index in [1.165, 1.54) is 4.90 Å². The lowest BCUT2D eigenvalue weighted by Gasteiger charge is -2.31. The number of carbonyl (C=O) groups is 2. The van der Waals surface area contributed by atoms with Crippen molar-refractivity contribution in [2.24, 2.45) is 11.7 Å². The number of nitrogens with zero attached hydrogens (tertiary/aromatic N) is 2. The van der Waals surface area contributed by atoms with E-state index in [-0.39, 0.29) is 23.9 Å². The summed E-state index contributed by atoms with van der Waals surface area (Å²) in [5.41, 5.74) is 7.17. The van der Waals surface area contributed by atoms with Crippen molar-refractivity contribution in [1.82, 2.24) is 4.90 Å². The van der Waals surface area contributed by atoms with Crippen molar-refractivity contribution in [2.45, 2.75) is 32.4 Å². The first-order chi connectivity index (χ1) is 9.63. The summed E-state index contributed by atoms with van der Waals surface area (Å²) in [7, 11) is 0. The number of amides is 3. The van der Waals surface area contributed by atoms with E-state index < -0.39 is 0 Å². The van der Waals surface area contributed by atoms with Crippen LogP contribution in [0.3, 0.4) is 0 Å². The van der Waals surface area contributed by atoms with E-state index in [9.17, 15) is 9.59 Å². The number of imide groups is 1. The molecule has 3 rings (SSSR count). The second kappa shape index (κ2) is 4.90. The molecule has 2 aliphatic heterocycles. The number of hydrogen-bond acceptors (Lipinski definition) is 3. The van der Waals surface area contributed by atoms with E-state index in [1.54, 1.807) is 11.0 Å². The molecule has 0 spiro atoms. The summed E-state index contributed by atoms with van der Waals surface area (Å²) in [5.74, 6) is 0.124. The van der Waals surface area contributed by atoms with Crippen LogP contribution in [0.1, 0.15) is 25.3 Å². The first-order valence-corrected chi connectivity index (χ1v) is 7.07. The highest BCUT2D eigenvalue weighted by atomic mass is 16.2. The van der Waals surface area contributed by atoms with Crippen LogP contribution in [0, 0.1) is 5.92 Å². The lowest BCUT2D eigenvalue weighted by atomic mass is 9.91. The Morgan fingerprint density at radius 3 is 2.85 bits per heavy atom. The predicted octanol–water partition coefficient (Wildman–Crippen LogP) is 1.71. The van der Waals surface area contributed by atoms with Gasteiger partial charge in [-0.3, -0.25) is 4.79 Å². The highest BCUT2D eigenvalue weighted by Gasteiger charge is 2.49. The van der Waals surface area contributed by atoms with Crippen LogP contribution in [-0.4, -0.2) is 29.4 Å². The maximum absolute atomic E-state index is 12.6. The standard InChI is InChI=1S/C15H19N3O2/c1-10-4-3-7-17-13(10)14(19)18(15(17)20)12-6-2-5-11(8-12)9-16/h2,5-6,8,10,13H,3-4,7,9,16H2,1H3. The van der Waals surface area contributed by atoms with Gasteiger partial charge in [0.1, 0.15) is 6.04 Å². The van der Waals surface area contributed by atoms with Crippen molar-refractivity contribution >= 4 is 17.6 Å². The third-order valence-corrected chi connectivity index (χ3v) is 4.25. The highest BCUT2D eigenvalue weighted by molar-refractivity contribution is 6.21. The summed E-state index contributed by atoms with van der Waals surface area (Å²) >= 11 is 0. The molecule has 1 aromatic carbocycles. The van der Waals surface area contributed by atoms with Gasteiger partial charge in [0.15, 0.2) is 0 Å². The second-order valence-corrected chi connectivity index (χ2v) is 5.59. The first-order valence-electron chi connectivity index (χ1n) is 7.07. The molecule has 2 fully saturated rings. The fraction of sp³-hybridized carbons (Fsp3) is 0.467. The largest absolute Gasteiger partial charge is 0.332 e. The van der Waals surface area contributed by atoms with Gasteiger partial charge in [-0.1, -0.05) is 19.1 Å². The number of benzene rings is 1. The highest BCUT2D eigenvalue weighted by Crippen LogP contribution is 2.33. The monoisotopic (exact) mass is 273 g/mol. The van der Waals surface area contributed by atoms with Crippen molar-refractivity contribution in [2.75, 3.05) is 11.4 Å². The van der Waals surface area contributed by atoms with Gasteiger partial charge in [-0.25, -0.2) is 9.69 Å². The van der Waals surface area contributed by atoms with Gasteiger partial charge in [0, 0.05) is 13.1 Å². The van der Waals surface area contributed by atoms with E-state index in [2.05, 4.69) is 0 Å². The number of hydrogen-bond donors (Lipinski definition) is 1. The van der Waals surface area contributed by atoms with Crippen LogP contribution in [-0.2, 0) is 11.3 Å². The second-order valence-electron chi connectivity index (χ2n) is 5.59. The molecule has 2 atom stereocenters. The number of urea groups is 1. The molecule has 2 saturated heterocycles. The van der Waals surface area contributed by atoms with Crippen molar-refractivity contribution in [3.63, 3.8) is 0 Å². The van der Waals surface area contributed by atoms with E-state index >= 15 is 0 Å². The molecule has 2 unspecified atom stereocenters. The average molecular weight is 273 g/mol. The Morgan fingerprint density at radius 1 is 1.35 bits per heavy atom. The van der Waals surface area contributed by atoms with Crippen LogP contribution >= 0.6 is 0 Å². The van der Waals surface area contributed by atoms with E-state index in [0.717, 1.165) is 18.4 Å². The van der Waals surface area contributed by atoms with Crippen LogP contribution in [0.15, 0.2) is 24.3 Å². The minimum Gasteiger partial charge on any atom is -0.326 e. The Kier molecular flexibility index (Phi) is 3.22. The van der Waals surface area contributed by atoms with Crippen molar-refractivity contribution in [3.05, 3.63) is 29.8 Å². The SMILES string of the molecule is CC1CCCN2C(=O)N(c3cccc(CN)c3)C(=O)C12. The molecule has 1 aromatic rings. The van der Waals surface area contributed by atoms with Crippen LogP contribution in [0.25, 0.3) is 0 Å². The molecule has 2 aliphatic rings. The Balaban J connectivity index is 1.97. The Labute approximate surface area is 118 Å². The molecule has 0 radical (unpaired) electrons. The minimum atomic E-state index is -0.294. The predicted molar refractivity (Wildman–Crippen MR) is 76.1 cm³/mol. The number of rotatable bonds is 2. The quantitative estimate of drug-likeness (QED) is 0.834. The van der Waals surface area contributed by atoms with Gasteiger partial charge in [0.25, 0.3) is 5.91 Å². The number of nitrogens with two attached hydrogens (primary N) is 1. The van der Waals surface area contributed by atoms with Gasteiger partial charge in [0.05, 0.1) is 5.69 Å². The topological polar surface area (TPSA) is 66.6 Å².